The van der Waals surface area contributed by atoms with Crippen molar-refractivity contribution in [3.8, 4) is 0 Å². The Balaban J connectivity index is 0.925. The summed E-state index contributed by atoms with van der Waals surface area (Å²) in [6, 6.07) is 0. The molecular weight excluding hydrogens is 1400 g/mol. The number of esters is 5. The van der Waals surface area contributed by atoms with Crippen LogP contribution >= 0.6 is 0 Å². The maximum absolute atomic E-state index is 16.1. The first-order valence-corrected chi connectivity index (χ1v) is 37.4. The van der Waals surface area contributed by atoms with Gasteiger partial charge >= 0.3 is 29.8 Å². The molecule has 33 heteroatoms. The average molecular weight is 1520 g/mol. The summed E-state index contributed by atoms with van der Waals surface area (Å²) in [6.45, 7) is 22.3. The summed E-state index contributed by atoms with van der Waals surface area (Å²) in [6.07, 6.45) is -43.1. The summed E-state index contributed by atoms with van der Waals surface area (Å²) in [4.78, 5) is 68.3. The fraction of sp³-hybridized carbons (Fsp3) is 0.904. The van der Waals surface area contributed by atoms with E-state index in [1.54, 1.807) is 0 Å². The van der Waals surface area contributed by atoms with Crippen molar-refractivity contribution in [3.63, 3.8) is 0 Å². The van der Waals surface area contributed by atoms with Crippen LogP contribution in [-0.4, -0.2) is 299 Å². The molecule has 0 amide bonds. The van der Waals surface area contributed by atoms with Gasteiger partial charge in [0.25, 0.3) is 0 Å². The quantitative estimate of drug-likeness (QED) is 0.0283. The summed E-state index contributed by atoms with van der Waals surface area (Å²) >= 11 is 0. The Bertz CT molecular complexity index is 3120. The number of carbonyl (C=O) groups excluding carboxylic acids is 5. The molecule has 0 aromatic rings. The second kappa shape index (κ2) is 32.3. The Morgan fingerprint density at radius 3 is 1.65 bits per heavy atom. The van der Waals surface area contributed by atoms with Gasteiger partial charge in [-0.25, -0.2) is 0 Å². The van der Waals surface area contributed by atoms with Crippen LogP contribution in [0.15, 0.2) is 11.6 Å². The molecule has 0 radical (unpaired) electrons. The van der Waals surface area contributed by atoms with Gasteiger partial charge in [0.1, 0.15) is 90.9 Å². The van der Waals surface area contributed by atoms with E-state index < -0.39 is 278 Å². The summed E-state index contributed by atoms with van der Waals surface area (Å²) in [5.74, 6) is -5.78. The number of rotatable bonds is 21. The summed E-state index contributed by atoms with van der Waals surface area (Å²) in [5.41, 5.74) is -4.48. The minimum absolute atomic E-state index is 0.0444. The highest BCUT2D eigenvalue weighted by atomic mass is 16.8. The SMILES string of the molecule is CC(=O)OC1C(OC2C(OC(=O)C34CCC(C)(C)CC3C3=CCC5C6(C)CC(O)C(OC7OC(C)C(O)C(O)C7O)C(C)(CO)C6CCC5(C)C3(C)CC4O)OC(C)C(OC(=O)CC(C)OC(=O)CC(C)OC(=O)CC(C)O)C2O)OC(C)C(OC2OCC(O)C(OC3OC(C)C(O)C(O)C3O)C2O)C1O. The smallest absolute Gasteiger partial charge is 0.317 e. The Hall–Kier alpha value is -3.83. The van der Waals surface area contributed by atoms with Crippen LogP contribution in [0.1, 0.15) is 168 Å². The number of fused-ring (bicyclic) bond motifs is 7. The number of hydrogen-bond acceptors (Lipinski definition) is 33. The number of allylic oxidation sites excluding steroid dienone is 2. The predicted octanol–water partition coefficient (Wildman–Crippen LogP) is -1.01. The van der Waals surface area contributed by atoms with Gasteiger partial charge in [-0.2, -0.15) is 0 Å². The maximum atomic E-state index is 16.1. The van der Waals surface area contributed by atoms with Gasteiger partial charge in [0.05, 0.1) is 81.3 Å². The predicted molar refractivity (Wildman–Crippen MR) is 358 cm³/mol. The molecule has 5 heterocycles. The Morgan fingerprint density at radius 2 is 1.06 bits per heavy atom. The van der Waals surface area contributed by atoms with E-state index in [9.17, 15) is 90.7 Å². The number of aliphatic hydroxyl groups excluding tert-OH is 14. The van der Waals surface area contributed by atoms with Gasteiger partial charge in [-0.15, -0.1) is 0 Å². The molecule has 5 saturated heterocycles. The van der Waals surface area contributed by atoms with Crippen LogP contribution < -0.4 is 0 Å². The van der Waals surface area contributed by atoms with E-state index in [0.717, 1.165) is 12.5 Å². The van der Waals surface area contributed by atoms with Gasteiger partial charge in [0.15, 0.2) is 43.5 Å². The second-order valence-corrected chi connectivity index (χ2v) is 33.8. The van der Waals surface area contributed by atoms with Crippen molar-refractivity contribution in [2.75, 3.05) is 13.2 Å². The van der Waals surface area contributed by atoms with E-state index in [1.165, 1.54) is 48.5 Å². The molecule has 38 atom stereocenters. The van der Waals surface area contributed by atoms with Gasteiger partial charge in [-0.05, 0) is 139 Å². The van der Waals surface area contributed by atoms with Crippen molar-refractivity contribution in [1.82, 2.24) is 0 Å². The highest BCUT2D eigenvalue weighted by molar-refractivity contribution is 5.80. The molecule has 106 heavy (non-hydrogen) atoms. The van der Waals surface area contributed by atoms with Crippen LogP contribution in [0.3, 0.4) is 0 Å². The molecule has 10 aliphatic rings. The van der Waals surface area contributed by atoms with Crippen LogP contribution in [0, 0.1) is 50.2 Å². The highest BCUT2D eigenvalue weighted by Gasteiger charge is 2.74. The summed E-state index contributed by atoms with van der Waals surface area (Å²) < 4.78 is 83.5. The summed E-state index contributed by atoms with van der Waals surface area (Å²) in [5, 5.41) is 158. The molecule has 0 bridgehead atoms. The highest BCUT2D eigenvalue weighted by Crippen LogP contribution is 2.76. The Morgan fingerprint density at radius 1 is 0.519 bits per heavy atom. The topological polar surface area (TPSA) is 498 Å². The van der Waals surface area contributed by atoms with Crippen LogP contribution in [-0.2, 0) is 90.3 Å². The molecular formula is C73H116O33. The first-order chi connectivity index (χ1) is 49.4. The molecule has 0 aromatic carbocycles. The van der Waals surface area contributed by atoms with Crippen LogP contribution in [0.2, 0.25) is 0 Å². The fourth-order valence-electron chi connectivity index (χ4n) is 19.8. The van der Waals surface area contributed by atoms with Gasteiger partial charge in [0.2, 0.25) is 6.29 Å². The number of carbonyl (C=O) groups is 5. The lowest BCUT2D eigenvalue weighted by molar-refractivity contribution is -0.380. The van der Waals surface area contributed by atoms with E-state index in [-0.39, 0.29) is 37.5 Å². The van der Waals surface area contributed by atoms with Crippen molar-refractivity contribution in [2.45, 2.75) is 352 Å². The van der Waals surface area contributed by atoms with E-state index in [0.29, 0.717) is 32.1 Å². The van der Waals surface area contributed by atoms with Crippen molar-refractivity contribution in [1.29, 1.82) is 0 Å². The zero-order chi connectivity index (χ0) is 78.3. The normalized spacial score (nSPS) is 48.7. The van der Waals surface area contributed by atoms with Gasteiger partial charge < -0.3 is 138 Å². The average Bonchev–Trinajstić information content (AvgIpc) is 0.669. The fourth-order valence-corrected chi connectivity index (χ4v) is 19.8. The minimum Gasteiger partial charge on any atom is -0.462 e. The van der Waals surface area contributed by atoms with Crippen LogP contribution in [0.4, 0.5) is 0 Å². The third kappa shape index (κ3) is 16.0. The lowest BCUT2D eigenvalue weighted by Crippen LogP contribution is -2.70. The van der Waals surface area contributed by atoms with Gasteiger partial charge in [-0.3, -0.25) is 24.0 Å². The van der Waals surface area contributed by atoms with Crippen molar-refractivity contribution >= 4 is 29.8 Å². The Labute approximate surface area is 616 Å². The maximum Gasteiger partial charge on any atom is 0.317 e. The van der Waals surface area contributed by atoms with Gasteiger partial charge in [0, 0.05) is 12.3 Å². The number of hydrogen-bond donors (Lipinski definition) is 14. The van der Waals surface area contributed by atoms with E-state index in [4.69, 9.17) is 66.3 Å². The van der Waals surface area contributed by atoms with E-state index in [2.05, 4.69) is 40.7 Å². The van der Waals surface area contributed by atoms with Crippen LogP contribution in [0.25, 0.3) is 0 Å². The second-order valence-electron chi connectivity index (χ2n) is 33.8. The zero-order valence-electron chi connectivity index (χ0n) is 62.8. The molecule has 14 N–H and O–H groups in total. The first kappa shape index (κ1) is 84.6. The zero-order valence-corrected chi connectivity index (χ0v) is 62.8. The van der Waals surface area contributed by atoms with Crippen LogP contribution in [0.5, 0.6) is 0 Å². The molecule has 38 unspecified atom stereocenters. The minimum atomic E-state index is -2.06. The Kier molecular flexibility index (Phi) is 25.8. The van der Waals surface area contributed by atoms with Gasteiger partial charge in [-0.1, -0.05) is 53.2 Å². The molecule has 5 aliphatic carbocycles. The lowest BCUT2D eigenvalue weighted by atomic mass is 9.33. The van der Waals surface area contributed by atoms with Crippen molar-refractivity contribution in [3.05, 3.63) is 11.6 Å². The molecule has 0 spiro atoms. The third-order valence-corrected chi connectivity index (χ3v) is 25.6. The van der Waals surface area contributed by atoms with E-state index in [1.807, 2.05) is 6.92 Å². The molecule has 9 fully saturated rings. The number of ether oxygens (including phenoxy) is 14. The van der Waals surface area contributed by atoms with Crippen molar-refractivity contribution < 1.29 is 162 Å². The van der Waals surface area contributed by atoms with Crippen molar-refractivity contribution in [2.24, 2.45) is 50.2 Å². The molecule has 0 aromatic heterocycles. The molecule has 606 valence electrons. The standard InChI is InChI=1S/C73H116O33/c1-29(75)21-44(80)94-30(2)22-45(81)95-31(3)23-46(82)101-56-34(6)99-66(60(53(56)89)104-65-59(100-36(8)76)54(90)57(35(7)98-65)102-62-55(91)58(40(78)27-93-62)103-63-51(87)49(85)47(83)32(4)96-63)106-67(92)73-20-19-68(9,10)24-38(73)37-15-16-42-69(11)25-39(77)61(105-64-52(88)50(86)48(84)33(5)97-64)70(12,28-74)41(69)17-18-71(42,13)72(37,14)26-43(73)79/h15,29-35,38-43,47-66,74-75,77-79,83-91H,16-28H2,1-14H3. The lowest BCUT2D eigenvalue weighted by Gasteiger charge is -2.72. The molecule has 10 rings (SSSR count). The number of aliphatic hydroxyl groups is 14. The largest absolute Gasteiger partial charge is 0.462 e. The monoisotopic (exact) mass is 1520 g/mol. The van der Waals surface area contributed by atoms with E-state index >= 15 is 4.79 Å². The first-order valence-electron chi connectivity index (χ1n) is 37.4. The molecule has 33 nitrogen and oxygen atoms in total. The molecule has 4 saturated carbocycles. The molecule has 5 aliphatic heterocycles. The summed E-state index contributed by atoms with van der Waals surface area (Å²) in [7, 11) is 0. The third-order valence-electron chi connectivity index (χ3n) is 25.6.